The second-order valence-electron chi connectivity index (χ2n) is 4.41. The molecule has 0 atom stereocenters. The van der Waals surface area contributed by atoms with Crippen molar-refractivity contribution < 1.29 is 4.79 Å². The lowest BCUT2D eigenvalue weighted by molar-refractivity contribution is -0.121. The summed E-state index contributed by atoms with van der Waals surface area (Å²) in [6.07, 6.45) is 5.65. The summed E-state index contributed by atoms with van der Waals surface area (Å²) in [6.45, 7) is 0.745. The summed E-state index contributed by atoms with van der Waals surface area (Å²) < 4.78 is 0. The Kier molecular flexibility index (Phi) is 3.56. The first-order valence-corrected chi connectivity index (χ1v) is 5.80. The molecule has 1 aliphatic rings. The lowest BCUT2D eigenvalue weighted by Crippen LogP contribution is -2.29. The van der Waals surface area contributed by atoms with E-state index in [2.05, 4.69) is 15.5 Å². The van der Waals surface area contributed by atoms with Crippen molar-refractivity contribution in [2.45, 2.75) is 25.7 Å². The van der Waals surface area contributed by atoms with Gasteiger partial charge in [0.1, 0.15) is 5.82 Å². The Morgan fingerprint density at radius 1 is 1.50 bits per heavy atom. The normalized spacial score (nSPS) is 25.3. The Balaban J connectivity index is 1.82. The van der Waals surface area contributed by atoms with E-state index in [4.69, 9.17) is 5.73 Å². The topological polar surface area (TPSA) is 83.8 Å². The fourth-order valence-electron chi connectivity index (χ4n) is 2.22. The molecular weight excluding hydrogens is 204 g/mol. The molecule has 0 aliphatic heterocycles. The molecule has 0 bridgehead atoms. The van der Waals surface area contributed by atoms with Gasteiger partial charge < -0.3 is 11.1 Å². The molecule has 2 rings (SSSR count). The highest BCUT2D eigenvalue weighted by atomic mass is 16.1. The Morgan fingerprint density at radius 3 is 2.81 bits per heavy atom. The van der Waals surface area contributed by atoms with Crippen LogP contribution in [-0.2, 0) is 4.79 Å². The van der Waals surface area contributed by atoms with Crippen LogP contribution >= 0.6 is 0 Å². The summed E-state index contributed by atoms with van der Waals surface area (Å²) in [4.78, 5) is 11.9. The Bertz CT molecular complexity index is 328. The number of hydrogen-bond donors (Lipinski definition) is 3. The third kappa shape index (κ3) is 2.61. The van der Waals surface area contributed by atoms with Crippen molar-refractivity contribution in [3.05, 3.63) is 12.3 Å². The van der Waals surface area contributed by atoms with Crippen molar-refractivity contribution in [1.29, 1.82) is 0 Å². The van der Waals surface area contributed by atoms with Gasteiger partial charge in [0.2, 0.25) is 5.91 Å². The van der Waals surface area contributed by atoms with Gasteiger partial charge in [-0.05, 0) is 38.1 Å². The van der Waals surface area contributed by atoms with Crippen molar-refractivity contribution in [3.63, 3.8) is 0 Å². The average Bonchev–Trinajstić information content (AvgIpc) is 2.82. The third-order valence-electron chi connectivity index (χ3n) is 3.31. The first-order chi connectivity index (χ1) is 7.79. The zero-order valence-corrected chi connectivity index (χ0v) is 9.28. The molecule has 1 heterocycles. The van der Waals surface area contributed by atoms with E-state index >= 15 is 0 Å². The summed E-state index contributed by atoms with van der Waals surface area (Å²) in [5, 5.41) is 9.35. The number of anilines is 1. The number of nitrogens with zero attached hydrogens (tertiary/aromatic N) is 1. The number of carbonyl (C=O) groups is 1. The Morgan fingerprint density at radius 2 is 2.25 bits per heavy atom. The Hall–Kier alpha value is -1.36. The van der Waals surface area contributed by atoms with Crippen LogP contribution in [0.15, 0.2) is 12.3 Å². The van der Waals surface area contributed by atoms with Crippen LogP contribution in [0.5, 0.6) is 0 Å². The minimum atomic E-state index is 0.0970. The van der Waals surface area contributed by atoms with Gasteiger partial charge in [-0.1, -0.05) is 0 Å². The van der Waals surface area contributed by atoms with Crippen LogP contribution in [0.2, 0.25) is 0 Å². The molecule has 16 heavy (non-hydrogen) atoms. The van der Waals surface area contributed by atoms with Crippen molar-refractivity contribution in [3.8, 4) is 0 Å². The molecule has 0 unspecified atom stereocenters. The van der Waals surface area contributed by atoms with E-state index in [9.17, 15) is 4.79 Å². The number of rotatable bonds is 3. The average molecular weight is 222 g/mol. The van der Waals surface area contributed by atoms with Crippen LogP contribution in [0.1, 0.15) is 25.7 Å². The fraction of sp³-hybridized carbons (Fsp3) is 0.636. The standard InChI is InChI=1S/C11H18N4O/c12-7-8-1-3-9(4-2-8)11(16)14-10-5-6-13-15-10/h5-6,8-9H,1-4,7,12H2,(H2,13,14,15,16). The molecule has 0 saturated heterocycles. The van der Waals surface area contributed by atoms with Crippen LogP contribution < -0.4 is 11.1 Å². The zero-order chi connectivity index (χ0) is 11.4. The largest absolute Gasteiger partial charge is 0.330 e. The van der Waals surface area contributed by atoms with E-state index in [0.29, 0.717) is 11.7 Å². The maximum Gasteiger partial charge on any atom is 0.228 e. The maximum absolute atomic E-state index is 11.9. The quantitative estimate of drug-likeness (QED) is 0.716. The van der Waals surface area contributed by atoms with Crippen LogP contribution in [0.25, 0.3) is 0 Å². The Labute approximate surface area is 94.8 Å². The molecule has 5 heteroatoms. The van der Waals surface area contributed by atoms with Crippen LogP contribution in [0, 0.1) is 11.8 Å². The van der Waals surface area contributed by atoms with Gasteiger partial charge in [-0.2, -0.15) is 5.10 Å². The molecule has 1 fully saturated rings. The van der Waals surface area contributed by atoms with E-state index in [0.717, 1.165) is 32.2 Å². The molecule has 88 valence electrons. The predicted molar refractivity (Wildman–Crippen MR) is 61.7 cm³/mol. The first kappa shape index (κ1) is 11.1. The van der Waals surface area contributed by atoms with Gasteiger partial charge in [0, 0.05) is 12.0 Å². The van der Waals surface area contributed by atoms with E-state index in [1.165, 1.54) is 0 Å². The maximum atomic E-state index is 11.9. The number of nitrogens with two attached hydrogens (primary N) is 1. The molecular formula is C11H18N4O. The van der Waals surface area contributed by atoms with Crippen LogP contribution in [0.3, 0.4) is 0 Å². The van der Waals surface area contributed by atoms with E-state index in [1.54, 1.807) is 12.3 Å². The summed E-state index contributed by atoms with van der Waals surface area (Å²) in [5.41, 5.74) is 5.62. The van der Waals surface area contributed by atoms with E-state index in [-0.39, 0.29) is 11.8 Å². The SMILES string of the molecule is NCC1CCC(C(=O)Nc2ccn[nH]2)CC1. The molecule has 0 aromatic carbocycles. The lowest BCUT2D eigenvalue weighted by atomic mass is 9.81. The van der Waals surface area contributed by atoms with Gasteiger partial charge in [0.25, 0.3) is 0 Å². The fourth-order valence-corrected chi connectivity index (χ4v) is 2.22. The molecule has 1 amide bonds. The van der Waals surface area contributed by atoms with Gasteiger partial charge in [-0.3, -0.25) is 9.89 Å². The number of hydrogen-bond acceptors (Lipinski definition) is 3. The molecule has 0 radical (unpaired) electrons. The molecule has 1 aliphatic carbocycles. The molecule has 1 aromatic heterocycles. The van der Waals surface area contributed by atoms with Gasteiger partial charge in [0.05, 0.1) is 6.20 Å². The summed E-state index contributed by atoms with van der Waals surface area (Å²) in [7, 11) is 0. The summed E-state index contributed by atoms with van der Waals surface area (Å²) in [6, 6.07) is 1.75. The highest BCUT2D eigenvalue weighted by molar-refractivity contribution is 5.91. The molecule has 1 saturated carbocycles. The number of H-pyrrole nitrogens is 1. The van der Waals surface area contributed by atoms with Crippen LogP contribution in [-0.4, -0.2) is 22.6 Å². The van der Waals surface area contributed by atoms with Gasteiger partial charge in [0.15, 0.2) is 0 Å². The van der Waals surface area contributed by atoms with Gasteiger partial charge in [-0.25, -0.2) is 0 Å². The zero-order valence-electron chi connectivity index (χ0n) is 9.28. The number of aromatic amines is 1. The number of amides is 1. The number of aromatic nitrogens is 2. The lowest BCUT2D eigenvalue weighted by Gasteiger charge is -2.26. The minimum absolute atomic E-state index is 0.0970. The highest BCUT2D eigenvalue weighted by Crippen LogP contribution is 2.28. The third-order valence-corrected chi connectivity index (χ3v) is 3.31. The van der Waals surface area contributed by atoms with Gasteiger partial charge >= 0.3 is 0 Å². The second kappa shape index (κ2) is 5.12. The van der Waals surface area contributed by atoms with Crippen molar-refractivity contribution in [2.24, 2.45) is 17.6 Å². The van der Waals surface area contributed by atoms with E-state index in [1.807, 2.05) is 0 Å². The highest BCUT2D eigenvalue weighted by Gasteiger charge is 2.25. The molecule has 0 spiro atoms. The summed E-state index contributed by atoms with van der Waals surface area (Å²) in [5.74, 6) is 1.51. The van der Waals surface area contributed by atoms with Crippen molar-refractivity contribution >= 4 is 11.7 Å². The molecule has 4 N–H and O–H groups in total. The number of carbonyl (C=O) groups excluding carboxylic acids is 1. The van der Waals surface area contributed by atoms with E-state index < -0.39 is 0 Å². The van der Waals surface area contributed by atoms with Crippen LogP contribution in [0.4, 0.5) is 5.82 Å². The second-order valence-corrected chi connectivity index (χ2v) is 4.41. The smallest absolute Gasteiger partial charge is 0.228 e. The minimum Gasteiger partial charge on any atom is -0.330 e. The van der Waals surface area contributed by atoms with Gasteiger partial charge in [-0.15, -0.1) is 0 Å². The summed E-state index contributed by atoms with van der Waals surface area (Å²) >= 11 is 0. The monoisotopic (exact) mass is 222 g/mol. The molecule has 1 aromatic rings. The predicted octanol–water partition coefficient (Wildman–Crippen LogP) is 1.11. The van der Waals surface area contributed by atoms with Crippen molar-refractivity contribution in [2.75, 3.05) is 11.9 Å². The van der Waals surface area contributed by atoms with Crippen molar-refractivity contribution in [1.82, 2.24) is 10.2 Å². The number of nitrogens with one attached hydrogen (secondary N) is 2. The molecule has 5 nitrogen and oxygen atoms in total. The first-order valence-electron chi connectivity index (χ1n) is 5.80.